The van der Waals surface area contributed by atoms with Crippen LogP contribution in [0, 0.1) is 6.92 Å². The summed E-state index contributed by atoms with van der Waals surface area (Å²) >= 11 is 7.17. The molecule has 0 saturated heterocycles. The van der Waals surface area contributed by atoms with E-state index in [1.807, 2.05) is 0 Å². The molecule has 0 fully saturated rings. The second kappa shape index (κ2) is 5.92. The highest BCUT2D eigenvalue weighted by Gasteiger charge is 2.20. The number of aryl methyl sites for hydroxylation is 1. The fourth-order valence-electron chi connectivity index (χ4n) is 2.12. The van der Waals surface area contributed by atoms with Gasteiger partial charge in [-0.2, -0.15) is 0 Å². The van der Waals surface area contributed by atoms with Gasteiger partial charge in [-0.25, -0.2) is 18.1 Å². The molecule has 0 saturated carbocycles. The van der Waals surface area contributed by atoms with Crippen molar-refractivity contribution >= 4 is 49.1 Å². The average molecular weight is 367 g/mol. The topological polar surface area (TPSA) is 76.1 Å². The lowest BCUT2D eigenvalue weighted by Crippen LogP contribution is -2.31. The Bertz CT molecular complexity index is 1010. The number of rotatable bonds is 3. The van der Waals surface area contributed by atoms with E-state index >= 15 is 0 Å². The molecule has 0 atom stereocenters. The minimum atomic E-state index is -3.96. The van der Waals surface area contributed by atoms with Crippen LogP contribution in [0.25, 0.3) is 10.2 Å². The molecule has 1 amide bonds. The van der Waals surface area contributed by atoms with Crippen molar-refractivity contribution < 1.29 is 13.2 Å². The number of thiazole rings is 1. The molecule has 1 N–H and O–H groups in total. The molecule has 0 aliphatic heterocycles. The number of aromatic nitrogens is 1. The number of amides is 1. The number of nitrogens with one attached hydrogen (secondary N) is 1. The number of nitrogens with zero attached hydrogens (tertiary/aromatic N) is 1. The Hall–Kier alpha value is -1.96. The summed E-state index contributed by atoms with van der Waals surface area (Å²) < 4.78 is 27.6. The summed E-state index contributed by atoms with van der Waals surface area (Å²) in [5.74, 6) is -0.691. The molecule has 5 nitrogen and oxygen atoms in total. The number of carbonyl (C=O) groups is 1. The Kier molecular flexibility index (Phi) is 4.09. The fraction of sp³-hybridized carbons (Fsp3) is 0.0667. The maximum atomic E-state index is 12.4. The fourth-order valence-corrected chi connectivity index (χ4v) is 4.13. The van der Waals surface area contributed by atoms with Crippen LogP contribution < -0.4 is 4.72 Å². The summed E-state index contributed by atoms with van der Waals surface area (Å²) in [6, 6.07) is 9.17. The van der Waals surface area contributed by atoms with Gasteiger partial charge in [-0.3, -0.25) is 4.79 Å². The standard InChI is InChI=1S/C15H11ClN2O3S2/c1-9-6-10(16)2-4-12(9)15(19)18-23(20,21)11-3-5-13-14(7-11)22-8-17-13/h2-8H,1H3,(H,18,19). The number of hydrogen-bond acceptors (Lipinski definition) is 5. The summed E-state index contributed by atoms with van der Waals surface area (Å²) in [7, 11) is -3.96. The molecular formula is C15H11ClN2O3S2. The van der Waals surface area contributed by atoms with Crippen molar-refractivity contribution in [1.29, 1.82) is 0 Å². The van der Waals surface area contributed by atoms with E-state index in [9.17, 15) is 13.2 Å². The molecule has 0 bridgehead atoms. The van der Waals surface area contributed by atoms with Gasteiger partial charge in [-0.15, -0.1) is 11.3 Å². The molecule has 118 valence electrons. The lowest BCUT2D eigenvalue weighted by atomic mass is 10.1. The van der Waals surface area contributed by atoms with Crippen LogP contribution in [0.1, 0.15) is 15.9 Å². The first-order chi connectivity index (χ1) is 10.9. The molecule has 23 heavy (non-hydrogen) atoms. The Morgan fingerprint density at radius 1 is 1.22 bits per heavy atom. The van der Waals surface area contributed by atoms with E-state index in [0.717, 1.165) is 4.70 Å². The Morgan fingerprint density at radius 3 is 2.74 bits per heavy atom. The van der Waals surface area contributed by atoms with Gasteiger partial charge in [0.25, 0.3) is 15.9 Å². The number of benzene rings is 2. The zero-order valence-corrected chi connectivity index (χ0v) is 14.3. The Labute approximate surface area is 142 Å². The van der Waals surface area contributed by atoms with Crippen LogP contribution in [0.3, 0.4) is 0 Å². The van der Waals surface area contributed by atoms with Crippen molar-refractivity contribution in [2.45, 2.75) is 11.8 Å². The smallest absolute Gasteiger partial charge is 0.265 e. The molecule has 3 rings (SSSR count). The van der Waals surface area contributed by atoms with Gasteiger partial charge in [0, 0.05) is 10.6 Å². The van der Waals surface area contributed by atoms with E-state index in [1.54, 1.807) is 30.6 Å². The summed E-state index contributed by atoms with van der Waals surface area (Å²) in [6.07, 6.45) is 0. The van der Waals surface area contributed by atoms with Crippen LogP contribution in [0.2, 0.25) is 5.02 Å². The van der Waals surface area contributed by atoms with Gasteiger partial charge in [0.1, 0.15) is 0 Å². The quantitative estimate of drug-likeness (QED) is 0.771. The van der Waals surface area contributed by atoms with Crippen LogP contribution in [0.4, 0.5) is 0 Å². The number of carbonyl (C=O) groups excluding carboxylic acids is 1. The van der Waals surface area contributed by atoms with Crippen molar-refractivity contribution in [3.63, 3.8) is 0 Å². The molecule has 3 aromatic rings. The van der Waals surface area contributed by atoms with Gasteiger partial charge in [0.15, 0.2) is 0 Å². The maximum Gasteiger partial charge on any atom is 0.265 e. The highest BCUT2D eigenvalue weighted by atomic mass is 35.5. The summed E-state index contributed by atoms with van der Waals surface area (Å²) in [6.45, 7) is 1.69. The third-order valence-corrected chi connectivity index (χ3v) is 5.63. The lowest BCUT2D eigenvalue weighted by Gasteiger charge is -2.09. The normalized spacial score (nSPS) is 11.6. The highest BCUT2D eigenvalue weighted by Crippen LogP contribution is 2.22. The van der Waals surface area contributed by atoms with Gasteiger partial charge < -0.3 is 0 Å². The van der Waals surface area contributed by atoms with Gasteiger partial charge in [-0.1, -0.05) is 11.6 Å². The van der Waals surface area contributed by atoms with Gasteiger partial charge in [0.05, 0.1) is 20.6 Å². The predicted molar refractivity (Wildman–Crippen MR) is 90.5 cm³/mol. The van der Waals surface area contributed by atoms with Crippen molar-refractivity contribution in [2.24, 2.45) is 0 Å². The van der Waals surface area contributed by atoms with Gasteiger partial charge in [0.2, 0.25) is 0 Å². The first-order valence-electron chi connectivity index (χ1n) is 6.53. The third-order valence-electron chi connectivity index (χ3n) is 3.27. The zero-order valence-electron chi connectivity index (χ0n) is 11.9. The number of sulfonamides is 1. The molecule has 0 radical (unpaired) electrons. The SMILES string of the molecule is Cc1cc(Cl)ccc1C(=O)NS(=O)(=O)c1ccc2ncsc2c1. The second-order valence-electron chi connectivity index (χ2n) is 4.88. The largest absolute Gasteiger partial charge is 0.268 e. The molecule has 2 aromatic carbocycles. The first kappa shape index (κ1) is 15.9. The first-order valence-corrected chi connectivity index (χ1v) is 9.27. The molecule has 0 aliphatic carbocycles. The van der Waals surface area contributed by atoms with E-state index < -0.39 is 15.9 Å². The van der Waals surface area contributed by atoms with E-state index in [4.69, 9.17) is 11.6 Å². The molecular weight excluding hydrogens is 356 g/mol. The predicted octanol–water partition coefficient (Wildman–Crippen LogP) is 3.38. The molecule has 0 spiro atoms. The highest BCUT2D eigenvalue weighted by molar-refractivity contribution is 7.90. The number of halogens is 1. The van der Waals surface area contributed by atoms with Gasteiger partial charge >= 0.3 is 0 Å². The Morgan fingerprint density at radius 2 is 2.00 bits per heavy atom. The minimum Gasteiger partial charge on any atom is -0.268 e. The van der Waals surface area contributed by atoms with Gasteiger partial charge in [-0.05, 0) is 48.9 Å². The second-order valence-corrected chi connectivity index (χ2v) is 7.88. The molecule has 1 heterocycles. The van der Waals surface area contributed by atoms with E-state index in [2.05, 4.69) is 9.71 Å². The number of hydrogen-bond donors (Lipinski definition) is 1. The summed E-state index contributed by atoms with van der Waals surface area (Å²) in [5, 5.41) is 0.484. The maximum absolute atomic E-state index is 12.4. The zero-order chi connectivity index (χ0) is 16.6. The Balaban J connectivity index is 1.92. The van der Waals surface area contributed by atoms with Crippen LogP contribution in [0.15, 0.2) is 46.8 Å². The number of fused-ring (bicyclic) bond motifs is 1. The average Bonchev–Trinajstić information content (AvgIpc) is 2.93. The van der Waals surface area contributed by atoms with E-state index in [1.165, 1.54) is 29.5 Å². The monoisotopic (exact) mass is 366 g/mol. The van der Waals surface area contributed by atoms with E-state index in [0.29, 0.717) is 16.1 Å². The minimum absolute atomic E-state index is 0.0224. The summed E-state index contributed by atoms with van der Waals surface area (Å²) in [5.41, 5.74) is 3.21. The van der Waals surface area contributed by atoms with E-state index in [-0.39, 0.29) is 10.5 Å². The van der Waals surface area contributed by atoms with Crippen molar-refractivity contribution in [3.05, 3.63) is 58.1 Å². The van der Waals surface area contributed by atoms with Crippen molar-refractivity contribution in [3.8, 4) is 0 Å². The molecule has 1 aromatic heterocycles. The van der Waals surface area contributed by atoms with Crippen LogP contribution in [0.5, 0.6) is 0 Å². The van der Waals surface area contributed by atoms with Crippen LogP contribution in [-0.2, 0) is 10.0 Å². The lowest BCUT2D eigenvalue weighted by molar-refractivity contribution is 0.0981. The summed E-state index contributed by atoms with van der Waals surface area (Å²) in [4.78, 5) is 16.4. The molecule has 8 heteroatoms. The third kappa shape index (κ3) is 3.21. The van der Waals surface area contributed by atoms with Crippen molar-refractivity contribution in [1.82, 2.24) is 9.71 Å². The van der Waals surface area contributed by atoms with Crippen molar-refractivity contribution in [2.75, 3.05) is 0 Å². The van der Waals surface area contributed by atoms with Crippen LogP contribution >= 0.6 is 22.9 Å². The van der Waals surface area contributed by atoms with Crippen LogP contribution in [-0.4, -0.2) is 19.3 Å². The molecule has 0 aliphatic rings. The molecule has 0 unspecified atom stereocenters.